The van der Waals surface area contributed by atoms with Gasteiger partial charge in [0.15, 0.2) is 0 Å². The quantitative estimate of drug-likeness (QED) is 0.505. The lowest BCUT2D eigenvalue weighted by Gasteiger charge is -2.26. The molecule has 3 aliphatic rings. The fraction of sp³-hybridized carbons (Fsp3) is 0.481. The standard InChI is InChI=1S/C27H32ClN/c28-27-18-23(11-12-25(27)22-9-5-2-6-10-22)26-17-24(26)19-29-15-13-21(14-16-29)20-7-3-1-4-8-20/h1,3-4,7-8,11-13,18,22,24,26H,2,5-6,9-10,14-17,19H2. The minimum Gasteiger partial charge on any atom is -0.299 e. The SMILES string of the molecule is Clc1cc(C2CC2CN2CC=C(c3ccccc3)CC2)ccc1C1CCCCC1. The molecule has 2 atom stereocenters. The van der Waals surface area contributed by atoms with Crippen molar-refractivity contribution in [3.05, 3.63) is 76.3 Å². The smallest absolute Gasteiger partial charge is 0.0443 e. The zero-order valence-corrected chi connectivity index (χ0v) is 18.1. The van der Waals surface area contributed by atoms with E-state index in [9.17, 15) is 0 Å². The Bertz CT molecular complexity index is 865. The largest absolute Gasteiger partial charge is 0.299 e. The maximum absolute atomic E-state index is 6.73. The molecule has 0 amide bonds. The van der Waals surface area contributed by atoms with Crippen LogP contribution in [0.2, 0.25) is 5.02 Å². The van der Waals surface area contributed by atoms with Gasteiger partial charge in [-0.2, -0.15) is 0 Å². The summed E-state index contributed by atoms with van der Waals surface area (Å²) in [5.41, 5.74) is 5.78. The van der Waals surface area contributed by atoms with Crippen LogP contribution in [-0.2, 0) is 0 Å². The van der Waals surface area contributed by atoms with Crippen molar-refractivity contribution in [2.75, 3.05) is 19.6 Å². The molecule has 1 heterocycles. The summed E-state index contributed by atoms with van der Waals surface area (Å²) >= 11 is 6.73. The Morgan fingerprint density at radius 2 is 1.79 bits per heavy atom. The van der Waals surface area contributed by atoms with Crippen LogP contribution in [-0.4, -0.2) is 24.5 Å². The lowest BCUT2D eigenvalue weighted by atomic mass is 9.83. The van der Waals surface area contributed by atoms with Gasteiger partial charge in [-0.1, -0.05) is 79.4 Å². The van der Waals surface area contributed by atoms with E-state index in [1.165, 1.54) is 80.3 Å². The van der Waals surface area contributed by atoms with Crippen molar-refractivity contribution in [3.8, 4) is 0 Å². The molecule has 152 valence electrons. The molecule has 2 saturated carbocycles. The van der Waals surface area contributed by atoms with Crippen LogP contribution in [0.15, 0.2) is 54.6 Å². The van der Waals surface area contributed by atoms with E-state index in [2.05, 4.69) is 59.5 Å². The van der Waals surface area contributed by atoms with Crippen molar-refractivity contribution >= 4 is 17.2 Å². The topological polar surface area (TPSA) is 3.24 Å². The van der Waals surface area contributed by atoms with Crippen molar-refractivity contribution in [2.45, 2.75) is 56.8 Å². The van der Waals surface area contributed by atoms with Gasteiger partial charge < -0.3 is 0 Å². The Morgan fingerprint density at radius 3 is 2.52 bits per heavy atom. The Morgan fingerprint density at radius 1 is 0.966 bits per heavy atom. The van der Waals surface area contributed by atoms with Crippen molar-refractivity contribution in [1.29, 1.82) is 0 Å². The Hall–Kier alpha value is -1.57. The molecular formula is C27H32ClN. The monoisotopic (exact) mass is 405 g/mol. The van der Waals surface area contributed by atoms with Crippen LogP contribution in [0.25, 0.3) is 5.57 Å². The summed E-state index contributed by atoms with van der Waals surface area (Å²) in [6, 6.07) is 17.9. The molecule has 0 spiro atoms. The third-order valence-corrected chi connectivity index (χ3v) is 7.68. The number of benzene rings is 2. The highest BCUT2D eigenvalue weighted by molar-refractivity contribution is 6.31. The second-order valence-corrected chi connectivity index (χ2v) is 9.73. The van der Waals surface area contributed by atoms with Crippen LogP contribution in [0.5, 0.6) is 0 Å². The molecule has 0 saturated heterocycles. The molecule has 0 bridgehead atoms. The average molecular weight is 406 g/mol. The fourth-order valence-electron chi connectivity index (χ4n) is 5.50. The summed E-state index contributed by atoms with van der Waals surface area (Å²) in [5.74, 6) is 2.21. The molecular weight excluding hydrogens is 374 g/mol. The molecule has 2 heteroatoms. The first-order valence-electron chi connectivity index (χ1n) is 11.5. The molecule has 2 aromatic carbocycles. The van der Waals surface area contributed by atoms with Crippen LogP contribution in [0.3, 0.4) is 0 Å². The van der Waals surface area contributed by atoms with Crippen LogP contribution >= 0.6 is 11.6 Å². The van der Waals surface area contributed by atoms with Crippen molar-refractivity contribution in [2.24, 2.45) is 5.92 Å². The summed E-state index contributed by atoms with van der Waals surface area (Å²) in [7, 11) is 0. The maximum Gasteiger partial charge on any atom is 0.0443 e. The van der Waals surface area contributed by atoms with E-state index >= 15 is 0 Å². The van der Waals surface area contributed by atoms with E-state index in [1.54, 1.807) is 0 Å². The van der Waals surface area contributed by atoms with E-state index in [-0.39, 0.29) is 0 Å². The van der Waals surface area contributed by atoms with Crippen molar-refractivity contribution in [1.82, 2.24) is 4.90 Å². The zero-order valence-electron chi connectivity index (χ0n) is 17.3. The van der Waals surface area contributed by atoms with Crippen LogP contribution in [0.4, 0.5) is 0 Å². The zero-order chi connectivity index (χ0) is 19.6. The van der Waals surface area contributed by atoms with Crippen LogP contribution in [0.1, 0.15) is 73.5 Å². The third-order valence-electron chi connectivity index (χ3n) is 7.35. The maximum atomic E-state index is 6.73. The summed E-state index contributed by atoms with van der Waals surface area (Å²) in [5, 5.41) is 1.02. The minimum absolute atomic E-state index is 0.694. The molecule has 1 aliphatic heterocycles. The molecule has 0 N–H and O–H groups in total. The van der Waals surface area contributed by atoms with Gasteiger partial charge in [0.25, 0.3) is 0 Å². The van der Waals surface area contributed by atoms with Gasteiger partial charge in [0.05, 0.1) is 0 Å². The minimum atomic E-state index is 0.694. The number of hydrogen-bond acceptors (Lipinski definition) is 1. The molecule has 29 heavy (non-hydrogen) atoms. The lowest BCUT2D eigenvalue weighted by Crippen LogP contribution is -2.30. The van der Waals surface area contributed by atoms with Gasteiger partial charge in [-0.3, -0.25) is 4.90 Å². The number of nitrogens with zero attached hydrogens (tertiary/aromatic N) is 1. The van der Waals surface area contributed by atoms with Gasteiger partial charge >= 0.3 is 0 Å². The summed E-state index contributed by atoms with van der Waals surface area (Å²) in [4.78, 5) is 2.63. The highest BCUT2D eigenvalue weighted by Gasteiger charge is 2.39. The van der Waals surface area contributed by atoms with Crippen LogP contribution in [0, 0.1) is 5.92 Å². The van der Waals surface area contributed by atoms with Gasteiger partial charge in [-0.15, -0.1) is 0 Å². The Labute approximate surface area is 180 Å². The number of hydrogen-bond donors (Lipinski definition) is 0. The molecule has 2 unspecified atom stereocenters. The molecule has 0 aromatic heterocycles. The normalized spacial score (nSPS) is 25.6. The number of rotatable bonds is 5. The molecule has 2 aliphatic carbocycles. The molecule has 2 fully saturated rings. The highest BCUT2D eigenvalue weighted by Crippen LogP contribution is 2.49. The van der Waals surface area contributed by atoms with E-state index in [0.717, 1.165) is 17.5 Å². The number of halogens is 1. The van der Waals surface area contributed by atoms with Crippen molar-refractivity contribution in [3.63, 3.8) is 0 Å². The van der Waals surface area contributed by atoms with Crippen molar-refractivity contribution < 1.29 is 0 Å². The summed E-state index contributed by atoms with van der Waals surface area (Å²) in [6.07, 6.45) is 11.7. The molecule has 1 nitrogen and oxygen atoms in total. The van der Waals surface area contributed by atoms with E-state index < -0.39 is 0 Å². The molecule has 5 rings (SSSR count). The van der Waals surface area contributed by atoms with E-state index in [0.29, 0.717) is 11.8 Å². The second kappa shape index (κ2) is 8.66. The lowest BCUT2D eigenvalue weighted by molar-refractivity contribution is 0.287. The average Bonchev–Trinajstić information content (AvgIpc) is 3.54. The predicted octanol–water partition coefficient (Wildman–Crippen LogP) is 7.28. The first-order valence-corrected chi connectivity index (χ1v) is 11.9. The van der Waals surface area contributed by atoms with E-state index in [4.69, 9.17) is 11.6 Å². The summed E-state index contributed by atoms with van der Waals surface area (Å²) in [6.45, 7) is 3.51. The second-order valence-electron chi connectivity index (χ2n) is 9.32. The van der Waals surface area contributed by atoms with Gasteiger partial charge in [0.2, 0.25) is 0 Å². The highest BCUT2D eigenvalue weighted by atomic mass is 35.5. The predicted molar refractivity (Wildman–Crippen MR) is 124 cm³/mol. The van der Waals surface area contributed by atoms with Gasteiger partial charge in [0.1, 0.15) is 0 Å². The van der Waals surface area contributed by atoms with Gasteiger partial charge in [-0.05, 0) is 71.8 Å². The van der Waals surface area contributed by atoms with Gasteiger partial charge in [0, 0.05) is 24.7 Å². The first-order chi connectivity index (χ1) is 14.3. The third kappa shape index (κ3) is 4.47. The molecule has 0 radical (unpaired) electrons. The van der Waals surface area contributed by atoms with E-state index in [1.807, 2.05) is 0 Å². The first kappa shape index (κ1) is 19.4. The molecule has 2 aromatic rings. The Balaban J connectivity index is 1.17. The van der Waals surface area contributed by atoms with Crippen LogP contribution < -0.4 is 0 Å². The summed E-state index contributed by atoms with van der Waals surface area (Å²) < 4.78 is 0. The van der Waals surface area contributed by atoms with Gasteiger partial charge in [-0.25, -0.2) is 0 Å². The Kier molecular flexibility index (Phi) is 5.79. The fourth-order valence-corrected chi connectivity index (χ4v) is 5.84.